The van der Waals surface area contributed by atoms with Crippen LogP contribution in [0.1, 0.15) is 22.3 Å². The Morgan fingerprint density at radius 1 is 0.286 bits per heavy atom. The molecule has 0 fully saturated rings. The second kappa shape index (κ2) is 13.2. The zero-order valence-corrected chi connectivity index (χ0v) is 31.1. The first-order chi connectivity index (χ1) is 27.8. The Labute approximate surface area is 330 Å². The lowest BCUT2D eigenvalue weighted by atomic mass is 9.67. The van der Waals surface area contributed by atoms with Crippen molar-refractivity contribution in [1.82, 2.24) is 15.0 Å². The van der Waals surface area contributed by atoms with Crippen molar-refractivity contribution in [3.63, 3.8) is 0 Å². The van der Waals surface area contributed by atoms with Crippen LogP contribution < -0.4 is 0 Å². The maximum Gasteiger partial charge on any atom is 0.164 e. The topological polar surface area (TPSA) is 38.7 Å². The highest BCUT2D eigenvalue weighted by Crippen LogP contribution is 2.62. The molecule has 2 heterocycles. The van der Waals surface area contributed by atoms with Gasteiger partial charge in [0.1, 0.15) is 0 Å². The van der Waals surface area contributed by atoms with Crippen molar-refractivity contribution in [3.05, 3.63) is 222 Å². The van der Waals surface area contributed by atoms with Crippen molar-refractivity contribution in [2.75, 3.05) is 0 Å². The minimum Gasteiger partial charge on any atom is -0.208 e. The Bertz CT molecular complexity index is 2910. The molecule has 8 aromatic carbocycles. The summed E-state index contributed by atoms with van der Waals surface area (Å²) in [7, 11) is 0. The van der Waals surface area contributed by atoms with E-state index < -0.39 is 5.41 Å². The molecule has 3 nitrogen and oxygen atoms in total. The molecule has 56 heavy (non-hydrogen) atoms. The van der Waals surface area contributed by atoms with Crippen molar-refractivity contribution < 1.29 is 0 Å². The van der Waals surface area contributed by atoms with Gasteiger partial charge in [0.2, 0.25) is 0 Å². The minimum atomic E-state index is -0.461. The molecule has 0 saturated carbocycles. The van der Waals surface area contributed by atoms with Gasteiger partial charge in [-0.05, 0) is 73.8 Å². The fourth-order valence-corrected chi connectivity index (χ4v) is 10.0. The number of benzene rings is 8. The van der Waals surface area contributed by atoms with E-state index in [9.17, 15) is 0 Å². The summed E-state index contributed by atoms with van der Waals surface area (Å²) in [5.41, 5.74) is 14.6. The summed E-state index contributed by atoms with van der Waals surface area (Å²) in [5, 5.41) is 0. The fraction of sp³-hybridized carbons (Fsp3) is 0.0192. The molecule has 2 aliphatic rings. The summed E-state index contributed by atoms with van der Waals surface area (Å²) < 4.78 is 0. The summed E-state index contributed by atoms with van der Waals surface area (Å²) in [6, 6.07) is 71.5. The molecule has 0 saturated heterocycles. The van der Waals surface area contributed by atoms with Gasteiger partial charge in [0.05, 0.1) is 5.41 Å². The van der Waals surface area contributed by atoms with E-state index in [4.69, 9.17) is 15.0 Å². The van der Waals surface area contributed by atoms with E-state index in [1.165, 1.54) is 43.2 Å². The molecule has 4 heteroatoms. The van der Waals surface area contributed by atoms with Crippen LogP contribution in [0.25, 0.3) is 67.5 Å². The van der Waals surface area contributed by atoms with Crippen molar-refractivity contribution in [1.29, 1.82) is 0 Å². The minimum absolute atomic E-state index is 0.461. The Balaban J connectivity index is 1.13. The molecule has 11 rings (SSSR count). The van der Waals surface area contributed by atoms with Crippen LogP contribution in [0.5, 0.6) is 0 Å². The number of nitrogens with zero attached hydrogens (tertiary/aromatic N) is 3. The van der Waals surface area contributed by atoms with Crippen molar-refractivity contribution in [2.24, 2.45) is 0 Å². The van der Waals surface area contributed by atoms with E-state index in [-0.39, 0.29) is 0 Å². The molecule has 1 spiro atoms. The first kappa shape index (κ1) is 32.5. The fourth-order valence-electron chi connectivity index (χ4n) is 8.83. The van der Waals surface area contributed by atoms with Gasteiger partial charge in [-0.3, -0.25) is 0 Å². The predicted molar refractivity (Wildman–Crippen MR) is 228 cm³/mol. The molecular formula is C52H33N3S. The largest absolute Gasteiger partial charge is 0.208 e. The van der Waals surface area contributed by atoms with Crippen LogP contribution in [-0.2, 0) is 5.41 Å². The van der Waals surface area contributed by atoms with Gasteiger partial charge in [-0.2, -0.15) is 0 Å². The van der Waals surface area contributed by atoms with Crippen molar-refractivity contribution in [3.8, 4) is 67.5 Å². The lowest BCUT2D eigenvalue weighted by Crippen LogP contribution is -2.32. The molecule has 1 aliphatic carbocycles. The average molecular weight is 732 g/mol. The molecule has 0 radical (unpaired) electrons. The van der Waals surface area contributed by atoms with Crippen LogP contribution in [0, 0.1) is 0 Å². The second-order valence-electron chi connectivity index (χ2n) is 14.3. The van der Waals surface area contributed by atoms with E-state index in [0.29, 0.717) is 17.5 Å². The number of aromatic nitrogens is 3. The van der Waals surface area contributed by atoms with Gasteiger partial charge in [0, 0.05) is 26.5 Å². The lowest BCUT2D eigenvalue weighted by molar-refractivity contribution is 0.723. The van der Waals surface area contributed by atoms with Gasteiger partial charge in [0.15, 0.2) is 17.5 Å². The number of rotatable bonds is 5. The second-order valence-corrected chi connectivity index (χ2v) is 15.4. The molecule has 0 amide bonds. The zero-order chi connectivity index (χ0) is 37.1. The summed E-state index contributed by atoms with van der Waals surface area (Å²) in [6.07, 6.45) is 0. The Morgan fingerprint density at radius 2 is 0.714 bits per heavy atom. The third kappa shape index (κ3) is 5.03. The van der Waals surface area contributed by atoms with E-state index in [1.54, 1.807) is 0 Å². The highest BCUT2D eigenvalue weighted by atomic mass is 32.2. The number of fused-ring (bicyclic) bond motifs is 9. The van der Waals surface area contributed by atoms with Crippen molar-refractivity contribution in [2.45, 2.75) is 15.2 Å². The molecule has 0 bridgehead atoms. The predicted octanol–water partition coefficient (Wildman–Crippen LogP) is 13.0. The average Bonchev–Trinajstić information content (AvgIpc) is 3.57. The Morgan fingerprint density at radius 3 is 1.32 bits per heavy atom. The lowest BCUT2D eigenvalue weighted by Gasteiger charge is -2.40. The third-order valence-electron chi connectivity index (χ3n) is 11.2. The number of hydrogen-bond donors (Lipinski definition) is 0. The van der Waals surface area contributed by atoms with Gasteiger partial charge in [-0.1, -0.05) is 194 Å². The first-order valence-corrected chi connectivity index (χ1v) is 19.8. The zero-order valence-electron chi connectivity index (χ0n) is 30.3. The molecule has 0 unspecified atom stereocenters. The Hall–Kier alpha value is -6.88. The SMILES string of the molecule is c1ccc(-c2nc(-c3ccccc3-c3ccccc3)nc(-c3ccccc3-c3ccc4c(c3)C3(c5ccccc5S4)c4ccccc4-c4ccccc43)n2)cc1. The Kier molecular flexibility index (Phi) is 7.64. The maximum absolute atomic E-state index is 5.29. The molecule has 0 atom stereocenters. The number of hydrogen-bond acceptors (Lipinski definition) is 4. The monoisotopic (exact) mass is 731 g/mol. The smallest absolute Gasteiger partial charge is 0.164 e. The van der Waals surface area contributed by atoms with Gasteiger partial charge in [-0.15, -0.1) is 0 Å². The summed E-state index contributed by atoms with van der Waals surface area (Å²) >= 11 is 1.86. The van der Waals surface area contributed by atoms with Gasteiger partial charge in [0.25, 0.3) is 0 Å². The van der Waals surface area contributed by atoms with Gasteiger partial charge < -0.3 is 0 Å². The summed E-state index contributed by atoms with van der Waals surface area (Å²) in [5.74, 6) is 1.91. The highest BCUT2D eigenvalue weighted by molar-refractivity contribution is 7.99. The van der Waals surface area contributed by atoms with Gasteiger partial charge in [-0.25, -0.2) is 15.0 Å². The summed E-state index contributed by atoms with van der Waals surface area (Å²) in [4.78, 5) is 18.2. The molecule has 9 aromatic rings. The molecular weight excluding hydrogens is 699 g/mol. The van der Waals surface area contributed by atoms with Crippen LogP contribution in [0.4, 0.5) is 0 Å². The van der Waals surface area contributed by atoms with Crippen LogP contribution in [0.2, 0.25) is 0 Å². The van der Waals surface area contributed by atoms with Crippen molar-refractivity contribution >= 4 is 11.8 Å². The van der Waals surface area contributed by atoms with E-state index in [0.717, 1.165) is 38.9 Å². The van der Waals surface area contributed by atoms with E-state index in [2.05, 4.69) is 176 Å². The van der Waals surface area contributed by atoms with Crippen LogP contribution in [0.15, 0.2) is 210 Å². The van der Waals surface area contributed by atoms with E-state index in [1.807, 2.05) is 36.0 Å². The quantitative estimate of drug-likeness (QED) is 0.177. The molecule has 1 aromatic heterocycles. The molecule has 262 valence electrons. The van der Waals surface area contributed by atoms with Crippen LogP contribution in [-0.4, -0.2) is 15.0 Å². The molecule has 0 N–H and O–H groups in total. The molecule has 1 aliphatic heterocycles. The maximum atomic E-state index is 5.29. The third-order valence-corrected chi connectivity index (χ3v) is 12.4. The first-order valence-electron chi connectivity index (χ1n) is 18.9. The highest BCUT2D eigenvalue weighted by Gasteiger charge is 2.50. The standard InChI is InChI=1S/C52H33N3S/c1-3-17-34(18-4-1)37-21-7-9-25-41(37)50-53-49(35-19-5-2-6-20-35)54-51(55-50)42-26-10-8-22-38(42)36-31-32-48-46(33-36)52(45-29-15-16-30-47(45)56-48)43-27-13-11-23-39(43)40-24-12-14-28-44(40)52/h1-33H. The normalized spacial score (nSPS) is 13.1. The summed E-state index contributed by atoms with van der Waals surface area (Å²) in [6.45, 7) is 0. The van der Waals surface area contributed by atoms with E-state index >= 15 is 0 Å². The van der Waals surface area contributed by atoms with Gasteiger partial charge >= 0.3 is 0 Å². The van der Waals surface area contributed by atoms with Crippen LogP contribution >= 0.6 is 11.8 Å². The van der Waals surface area contributed by atoms with Crippen LogP contribution in [0.3, 0.4) is 0 Å².